The van der Waals surface area contributed by atoms with Crippen molar-refractivity contribution in [2.75, 3.05) is 6.61 Å². The molecule has 37 heavy (non-hydrogen) atoms. The molecule has 5 nitrogen and oxygen atoms in total. The predicted octanol–water partition coefficient (Wildman–Crippen LogP) is 7.18. The van der Waals surface area contributed by atoms with Crippen molar-refractivity contribution < 1.29 is 18.6 Å². The Morgan fingerprint density at radius 3 is 1.86 bits per heavy atom. The Morgan fingerprint density at radius 2 is 1.27 bits per heavy atom. The van der Waals surface area contributed by atoms with Gasteiger partial charge in [0.15, 0.2) is 16.9 Å². The zero-order chi connectivity index (χ0) is 25.5. The lowest BCUT2D eigenvalue weighted by atomic mass is 10.1. The lowest BCUT2D eigenvalue weighted by Gasteiger charge is -2.19. The van der Waals surface area contributed by atoms with Gasteiger partial charge in [-0.15, -0.1) is 0 Å². The highest BCUT2D eigenvalue weighted by Gasteiger charge is 2.23. The van der Waals surface area contributed by atoms with Crippen LogP contribution in [0.4, 0.5) is 0 Å². The van der Waals surface area contributed by atoms with Crippen LogP contribution in [-0.2, 0) is 13.2 Å². The maximum Gasteiger partial charge on any atom is 0.205 e. The van der Waals surface area contributed by atoms with E-state index in [2.05, 4.69) is 6.58 Å². The number of hydrogen-bond donors (Lipinski definition) is 0. The summed E-state index contributed by atoms with van der Waals surface area (Å²) in [7, 11) is 0. The molecule has 0 amide bonds. The van der Waals surface area contributed by atoms with Crippen LogP contribution in [0.2, 0.25) is 0 Å². The summed E-state index contributed by atoms with van der Waals surface area (Å²) in [5.74, 6) is 1.48. The molecule has 0 aliphatic rings. The molecular formula is C32H26O5. The van der Waals surface area contributed by atoms with Crippen molar-refractivity contribution in [1.29, 1.82) is 0 Å². The molecule has 0 N–H and O–H groups in total. The third-order valence-corrected chi connectivity index (χ3v) is 5.76. The van der Waals surface area contributed by atoms with E-state index in [1.807, 2.05) is 91.0 Å². The molecule has 0 aliphatic carbocycles. The molecule has 0 unspecified atom stereocenters. The predicted molar refractivity (Wildman–Crippen MR) is 145 cm³/mol. The lowest BCUT2D eigenvalue weighted by Crippen LogP contribution is -2.09. The maximum atomic E-state index is 13.5. The molecule has 0 aliphatic heterocycles. The van der Waals surface area contributed by atoms with Crippen molar-refractivity contribution in [2.24, 2.45) is 0 Å². The van der Waals surface area contributed by atoms with Gasteiger partial charge in [-0.1, -0.05) is 104 Å². The number of ether oxygens (including phenoxy) is 3. The van der Waals surface area contributed by atoms with Crippen molar-refractivity contribution in [2.45, 2.75) is 13.2 Å². The molecule has 0 spiro atoms. The van der Waals surface area contributed by atoms with Crippen LogP contribution in [0.5, 0.6) is 17.2 Å². The number of fused-ring (bicyclic) bond motifs is 1. The summed E-state index contributed by atoms with van der Waals surface area (Å²) in [6.45, 7) is 4.51. The van der Waals surface area contributed by atoms with Gasteiger partial charge in [0.05, 0.1) is 0 Å². The smallest absolute Gasteiger partial charge is 0.205 e. The number of hydrogen-bond acceptors (Lipinski definition) is 5. The van der Waals surface area contributed by atoms with E-state index in [0.29, 0.717) is 28.2 Å². The van der Waals surface area contributed by atoms with E-state index < -0.39 is 0 Å². The average molecular weight is 491 g/mol. The zero-order valence-corrected chi connectivity index (χ0v) is 20.3. The molecule has 184 valence electrons. The second-order valence-corrected chi connectivity index (χ2v) is 8.40. The molecule has 1 heterocycles. The third kappa shape index (κ3) is 5.57. The highest BCUT2D eigenvalue weighted by atomic mass is 16.5. The minimum atomic E-state index is -0.233. The van der Waals surface area contributed by atoms with Crippen LogP contribution >= 0.6 is 0 Å². The van der Waals surface area contributed by atoms with Gasteiger partial charge in [-0.3, -0.25) is 4.79 Å². The molecule has 5 heteroatoms. The van der Waals surface area contributed by atoms with Crippen molar-refractivity contribution in [3.63, 3.8) is 0 Å². The quantitative estimate of drug-likeness (QED) is 0.194. The van der Waals surface area contributed by atoms with E-state index in [9.17, 15) is 4.79 Å². The molecule has 0 fully saturated rings. The largest absolute Gasteiger partial charge is 0.485 e. The van der Waals surface area contributed by atoms with Gasteiger partial charge in [-0.2, -0.15) is 0 Å². The molecular weight excluding hydrogens is 464 g/mol. The monoisotopic (exact) mass is 490 g/mol. The van der Waals surface area contributed by atoms with Crippen LogP contribution < -0.4 is 19.6 Å². The van der Waals surface area contributed by atoms with Gasteiger partial charge in [-0.25, -0.2) is 0 Å². The van der Waals surface area contributed by atoms with Gasteiger partial charge in [0, 0.05) is 17.7 Å². The van der Waals surface area contributed by atoms with Gasteiger partial charge in [0.2, 0.25) is 5.75 Å². The second kappa shape index (κ2) is 11.3. The van der Waals surface area contributed by atoms with E-state index >= 15 is 0 Å². The summed E-state index contributed by atoms with van der Waals surface area (Å²) in [5.41, 5.74) is 2.83. The van der Waals surface area contributed by atoms with Crippen molar-refractivity contribution in [1.82, 2.24) is 0 Å². The van der Waals surface area contributed by atoms with Gasteiger partial charge in [0.1, 0.15) is 36.6 Å². The molecule has 0 bridgehead atoms. The molecule has 5 rings (SSSR count). The number of rotatable bonds is 10. The Balaban J connectivity index is 1.66. The molecule has 4 aromatic carbocycles. The average Bonchev–Trinajstić information content (AvgIpc) is 2.95. The van der Waals surface area contributed by atoms with E-state index in [0.717, 1.165) is 16.7 Å². The van der Waals surface area contributed by atoms with Crippen LogP contribution in [0.3, 0.4) is 0 Å². The summed E-state index contributed by atoms with van der Waals surface area (Å²) in [5, 5.41) is 0.296. The fraction of sp³-hybridized carbons (Fsp3) is 0.0938. The van der Waals surface area contributed by atoms with Crippen LogP contribution in [0.15, 0.2) is 125 Å². The topological polar surface area (TPSA) is 57.9 Å². The molecule has 0 saturated carbocycles. The van der Waals surface area contributed by atoms with E-state index in [-0.39, 0.29) is 31.0 Å². The third-order valence-electron chi connectivity index (χ3n) is 5.76. The normalized spacial score (nSPS) is 10.7. The molecule has 5 aromatic rings. The molecule has 0 radical (unpaired) electrons. The first-order valence-electron chi connectivity index (χ1n) is 12.0. The SMILES string of the molecule is C=CCOc1cc2oc(-c3ccccc3)cc(=O)c2c(OCc2ccccc2)c1OCc1ccccc1. The Bertz CT molecular complexity index is 1540. The molecule has 1 aromatic heterocycles. The van der Waals surface area contributed by atoms with Crippen molar-refractivity contribution >= 4 is 11.0 Å². The fourth-order valence-electron chi connectivity index (χ4n) is 3.98. The summed E-state index contributed by atoms with van der Waals surface area (Å²) in [4.78, 5) is 13.5. The maximum absolute atomic E-state index is 13.5. The standard InChI is InChI=1S/C32H26O5/c1-2-18-34-29-20-28-30(26(33)19-27(37-28)25-16-10-5-11-17-25)32(36-22-24-14-8-4-9-15-24)31(29)35-21-23-12-6-3-7-13-23/h2-17,19-20H,1,18,21-22H2. The Hall–Kier alpha value is -4.77. The van der Waals surface area contributed by atoms with E-state index in [1.165, 1.54) is 6.07 Å². The van der Waals surface area contributed by atoms with Crippen LogP contribution in [-0.4, -0.2) is 6.61 Å². The van der Waals surface area contributed by atoms with Gasteiger partial charge in [0.25, 0.3) is 0 Å². The zero-order valence-electron chi connectivity index (χ0n) is 20.3. The van der Waals surface area contributed by atoms with E-state index in [4.69, 9.17) is 18.6 Å². The van der Waals surface area contributed by atoms with E-state index in [1.54, 1.807) is 12.1 Å². The first-order chi connectivity index (χ1) is 18.2. The fourth-order valence-corrected chi connectivity index (χ4v) is 3.98. The van der Waals surface area contributed by atoms with Crippen molar-refractivity contribution in [3.8, 4) is 28.6 Å². The van der Waals surface area contributed by atoms with Gasteiger partial charge < -0.3 is 18.6 Å². The summed E-state index contributed by atoms with van der Waals surface area (Å²) < 4.78 is 24.7. The van der Waals surface area contributed by atoms with Crippen LogP contribution in [0.25, 0.3) is 22.3 Å². The van der Waals surface area contributed by atoms with Crippen LogP contribution in [0.1, 0.15) is 11.1 Å². The minimum Gasteiger partial charge on any atom is -0.485 e. The highest BCUT2D eigenvalue weighted by Crippen LogP contribution is 2.44. The van der Waals surface area contributed by atoms with Crippen LogP contribution in [0, 0.1) is 0 Å². The van der Waals surface area contributed by atoms with Gasteiger partial charge in [-0.05, 0) is 11.1 Å². The summed E-state index contributed by atoms with van der Waals surface area (Å²) in [6.07, 6.45) is 1.65. The molecule has 0 saturated heterocycles. The number of benzene rings is 4. The summed E-state index contributed by atoms with van der Waals surface area (Å²) >= 11 is 0. The summed E-state index contributed by atoms with van der Waals surface area (Å²) in [6, 6.07) is 32.2. The Kier molecular flexibility index (Phi) is 7.32. The van der Waals surface area contributed by atoms with Crippen molar-refractivity contribution in [3.05, 3.63) is 137 Å². The molecule has 0 atom stereocenters. The lowest BCUT2D eigenvalue weighted by molar-refractivity contribution is 0.241. The highest BCUT2D eigenvalue weighted by molar-refractivity contribution is 5.90. The first-order valence-corrected chi connectivity index (χ1v) is 12.0. The first kappa shape index (κ1) is 23.9. The van der Waals surface area contributed by atoms with Gasteiger partial charge >= 0.3 is 0 Å². The Morgan fingerprint density at radius 1 is 0.703 bits per heavy atom. The Labute approximate surface area is 215 Å². The minimum absolute atomic E-state index is 0.233. The second-order valence-electron chi connectivity index (χ2n) is 8.40.